The zero-order valence-electron chi connectivity index (χ0n) is 17.4. The number of thiazole rings is 1. The van der Waals surface area contributed by atoms with Crippen LogP contribution in [0.25, 0.3) is 0 Å². The van der Waals surface area contributed by atoms with Gasteiger partial charge in [0.25, 0.3) is 0 Å². The fourth-order valence-electron chi connectivity index (χ4n) is 6.63. The third-order valence-electron chi connectivity index (χ3n) is 7.67. The smallest absolute Gasteiger partial charge is 0.323 e. The number of hydrogen-bond acceptors (Lipinski definition) is 8. The zero-order chi connectivity index (χ0) is 23.2. The number of likely N-dealkylation sites (tertiary alicyclic amines) is 1. The summed E-state index contributed by atoms with van der Waals surface area (Å²) in [6.07, 6.45) is 0.723. The summed E-state index contributed by atoms with van der Waals surface area (Å²) in [6.45, 7) is -0.605. The Bertz CT molecular complexity index is 1270. The van der Waals surface area contributed by atoms with E-state index in [1.165, 1.54) is 7.11 Å². The molecule has 2 amide bonds. The van der Waals surface area contributed by atoms with Crippen molar-refractivity contribution in [2.45, 2.75) is 22.6 Å². The van der Waals surface area contributed by atoms with E-state index in [2.05, 4.69) is 4.98 Å². The molecule has 7 atom stereocenters. The molecule has 2 aromatic rings. The predicted octanol–water partition coefficient (Wildman–Crippen LogP) is 1.71. The highest BCUT2D eigenvalue weighted by atomic mass is 32.2. The number of phenolic OH excluding ortho intramolecular Hbond substituents is 1. The van der Waals surface area contributed by atoms with E-state index >= 15 is 0 Å². The number of aromatic amines is 1. The van der Waals surface area contributed by atoms with Gasteiger partial charge < -0.3 is 19.9 Å². The van der Waals surface area contributed by atoms with Crippen molar-refractivity contribution in [3.63, 3.8) is 0 Å². The van der Waals surface area contributed by atoms with Crippen molar-refractivity contribution in [3.8, 4) is 11.5 Å². The number of benzene rings is 1. The van der Waals surface area contributed by atoms with E-state index in [4.69, 9.17) is 4.74 Å². The molecule has 1 aromatic heterocycles. The quantitative estimate of drug-likeness (QED) is 0.553. The van der Waals surface area contributed by atoms with Crippen molar-refractivity contribution in [1.29, 1.82) is 0 Å². The van der Waals surface area contributed by atoms with Crippen LogP contribution < -0.4 is 9.61 Å². The molecule has 2 aliphatic heterocycles. The SMILES string of the molecule is COc1cc([C@@H]2c3sc(=O)[nH]c3S[C@@H]3[C@H]4C[C@@H]([C@@H]5C(=O)N(CC(=O)O)C(=O)[C@H]45)[C@H]23)ccc1O. The molecule has 6 rings (SSSR count). The first-order valence-corrected chi connectivity index (χ1v) is 12.3. The molecule has 3 heterocycles. The summed E-state index contributed by atoms with van der Waals surface area (Å²) in [7, 11) is 1.47. The van der Waals surface area contributed by atoms with Crippen molar-refractivity contribution in [1.82, 2.24) is 9.88 Å². The van der Waals surface area contributed by atoms with Gasteiger partial charge in [-0.2, -0.15) is 0 Å². The topological polar surface area (TPSA) is 137 Å². The summed E-state index contributed by atoms with van der Waals surface area (Å²) >= 11 is 2.71. The van der Waals surface area contributed by atoms with Crippen molar-refractivity contribution in [2.75, 3.05) is 13.7 Å². The number of phenols is 1. The number of carboxylic acids is 1. The van der Waals surface area contributed by atoms with Crippen LogP contribution in [0.1, 0.15) is 22.8 Å². The molecule has 2 saturated carbocycles. The van der Waals surface area contributed by atoms with Crippen molar-refractivity contribution in [2.24, 2.45) is 29.6 Å². The van der Waals surface area contributed by atoms with Gasteiger partial charge in [-0.25, -0.2) is 0 Å². The van der Waals surface area contributed by atoms with Crippen LogP contribution in [0.2, 0.25) is 0 Å². The maximum Gasteiger partial charge on any atom is 0.323 e. The molecule has 0 spiro atoms. The van der Waals surface area contributed by atoms with Crippen LogP contribution in [-0.4, -0.2) is 56.8 Å². The summed E-state index contributed by atoms with van der Waals surface area (Å²) in [5.41, 5.74) is 0.875. The van der Waals surface area contributed by atoms with Crippen LogP contribution in [0, 0.1) is 29.6 Å². The molecule has 11 heteroatoms. The second-order valence-electron chi connectivity index (χ2n) is 9.05. The largest absolute Gasteiger partial charge is 0.504 e. The van der Waals surface area contributed by atoms with Gasteiger partial charge in [-0.15, -0.1) is 11.8 Å². The number of ether oxygens (including phenoxy) is 1. The predicted molar refractivity (Wildman–Crippen MR) is 118 cm³/mol. The molecule has 9 nitrogen and oxygen atoms in total. The van der Waals surface area contributed by atoms with Crippen molar-refractivity contribution >= 4 is 40.9 Å². The average Bonchev–Trinajstić information content (AvgIpc) is 3.49. The highest BCUT2D eigenvalue weighted by molar-refractivity contribution is 8.00. The van der Waals surface area contributed by atoms with Gasteiger partial charge in [-0.05, 0) is 41.9 Å². The highest BCUT2D eigenvalue weighted by Gasteiger charge is 2.69. The number of H-pyrrole nitrogens is 1. The van der Waals surface area contributed by atoms with Gasteiger partial charge in [0, 0.05) is 16.0 Å². The maximum atomic E-state index is 13.2. The number of methoxy groups -OCH3 is 1. The van der Waals surface area contributed by atoms with Crippen molar-refractivity contribution < 1.29 is 29.3 Å². The Balaban J connectivity index is 1.46. The summed E-state index contributed by atoms with van der Waals surface area (Å²) in [6, 6.07) is 5.14. The molecular weight excluding hydrogens is 468 g/mol. The highest BCUT2D eigenvalue weighted by Crippen LogP contribution is 2.68. The summed E-state index contributed by atoms with van der Waals surface area (Å²) < 4.78 is 5.31. The number of hydrogen-bond donors (Lipinski definition) is 3. The van der Waals surface area contributed by atoms with Gasteiger partial charge in [0.1, 0.15) is 6.54 Å². The molecular formula is C22H20N2O7S2. The summed E-state index contributed by atoms with van der Waals surface area (Å²) in [4.78, 5) is 54.3. The first-order chi connectivity index (χ1) is 15.8. The number of imide groups is 1. The maximum absolute atomic E-state index is 13.2. The van der Waals surface area contributed by atoms with Crippen LogP contribution in [0.3, 0.4) is 0 Å². The van der Waals surface area contributed by atoms with Gasteiger partial charge in [0.15, 0.2) is 11.5 Å². The molecule has 1 saturated heterocycles. The van der Waals surface area contributed by atoms with Crippen LogP contribution >= 0.6 is 23.1 Å². The van der Waals surface area contributed by atoms with E-state index in [0.717, 1.165) is 38.1 Å². The number of carbonyl (C=O) groups excluding carboxylic acids is 2. The van der Waals surface area contributed by atoms with E-state index < -0.39 is 30.3 Å². The lowest BCUT2D eigenvalue weighted by atomic mass is 9.68. The number of rotatable bonds is 4. The minimum Gasteiger partial charge on any atom is -0.504 e. The van der Waals surface area contributed by atoms with Crippen LogP contribution in [-0.2, 0) is 14.4 Å². The Morgan fingerprint density at radius 3 is 2.64 bits per heavy atom. The normalized spacial score (nSPS) is 33.7. The Kier molecular flexibility index (Phi) is 4.47. The standard InChI is InChI=1S/C22H20N2O7S2/c1-31-11-4-7(2-3-10(11)25)13-14-8-5-9(17(14)32-19-18(13)33-22(30)23-19)16-15(8)20(28)24(21(16)29)6-12(26)27/h2-4,8-9,13-17,25H,5-6H2,1H3,(H,23,30)(H,26,27)/t8-,9+,13+,14-,15+,16-,17-/m1/s1. The molecule has 4 aliphatic rings. The molecule has 3 N–H and O–H groups in total. The molecule has 33 heavy (non-hydrogen) atoms. The van der Waals surface area contributed by atoms with E-state index in [1.54, 1.807) is 23.9 Å². The Hall–Kier alpha value is -2.79. The third-order valence-corrected chi connectivity index (χ3v) is 10.3. The van der Waals surface area contributed by atoms with Gasteiger partial charge in [0.2, 0.25) is 11.8 Å². The number of aliphatic carboxylic acids is 1. The molecule has 2 aliphatic carbocycles. The number of fused-ring (bicyclic) bond motifs is 9. The summed E-state index contributed by atoms with van der Waals surface area (Å²) in [5, 5.41) is 20.1. The lowest BCUT2D eigenvalue weighted by Gasteiger charge is -2.43. The molecule has 1 aromatic carbocycles. The van der Waals surface area contributed by atoms with Gasteiger partial charge >= 0.3 is 10.8 Å². The minimum absolute atomic E-state index is 0.00372. The fourth-order valence-corrected chi connectivity index (χ4v) is 9.52. The number of aromatic nitrogens is 1. The van der Waals surface area contributed by atoms with E-state index in [0.29, 0.717) is 5.75 Å². The second-order valence-corrected chi connectivity index (χ2v) is 11.3. The van der Waals surface area contributed by atoms with Gasteiger partial charge in [-0.1, -0.05) is 17.4 Å². The zero-order valence-corrected chi connectivity index (χ0v) is 19.0. The number of carbonyl (C=O) groups is 3. The molecule has 172 valence electrons. The van der Waals surface area contributed by atoms with Crippen LogP contribution in [0.15, 0.2) is 28.0 Å². The third kappa shape index (κ3) is 2.78. The average molecular weight is 489 g/mol. The summed E-state index contributed by atoms with van der Waals surface area (Å²) in [5.74, 6) is -3.03. The first kappa shape index (κ1) is 20.8. The molecule has 0 unspecified atom stereocenters. The monoisotopic (exact) mass is 488 g/mol. The number of amides is 2. The number of thioether (sulfide) groups is 1. The lowest BCUT2D eigenvalue weighted by Crippen LogP contribution is -2.42. The fraction of sp³-hybridized carbons (Fsp3) is 0.455. The van der Waals surface area contributed by atoms with E-state index in [1.807, 2.05) is 6.07 Å². The van der Waals surface area contributed by atoms with Crippen molar-refractivity contribution in [3.05, 3.63) is 38.3 Å². The van der Waals surface area contributed by atoms with Crippen LogP contribution in [0.5, 0.6) is 11.5 Å². The number of nitrogens with zero attached hydrogens (tertiary/aromatic N) is 1. The number of carboxylic acid groups (broad SMARTS) is 1. The second kappa shape index (κ2) is 7.10. The first-order valence-electron chi connectivity index (χ1n) is 10.6. The van der Waals surface area contributed by atoms with Crippen LogP contribution in [0.4, 0.5) is 0 Å². The molecule has 3 fully saturated rings. The number of nitrogens with one attached hydrogen (secondary N) is 1. The molecule has 0 radical (unpaired) electrons. The number of aromatic hydroxyl groups is 1. The lowest BCUT2D eigenvalue weighted by molar-refractivity contribution is -0.149. The van der Waals surface area contributed by atoms with Gasteiger partial charge in [0.05, 0.1) is 24.0 Å². The Morgan fingerprint density at radius 1 is 1.21 bits per heavy atom. The van der Waals surface area contributed by atoms with E-state index in [9.17, 15) is 29.4 Å². The Morgan fingerprint density at radius 2 is 1.94 bits per heavy atom. The minimum atomic E-state index is -1.20. The van der Waals surface area contributed by atoms with Gasteiger partial charge in [-0.3, -0.25) is 24.1 Å². The Labute approximate surface area is 195 Å². The molecule has 2 bridgehead atoms. The van der Waals surface area contributed by atoms with E-state index in [-0.39, 0.29) is 45.5 Å².